The van der Waals surface area contributed by atoms with Gasteiger partial charge in [-0.05, 0) is 42.7 Å². The predicted octanol–water partition coefficient (Wildman–Crippen LogP) is 2.68. The van der Waals surface area contributed by atoms with E-state index in [9.17, 15) is 0 Å². The third-order valence-corrected chi connectivity index (χ3v) is 3.58. The number of nitrogens with one attached hydrogen (secondary N) is 1. The molecule has 1 N–H and O–H groups in total. The largest absolute Gasteiger partial charge is 0.371 e. The van der Waals surface area contributed by atoms with Gasteiger partial charge in [-0.3, -0.25) is 4.98 Å². The van der Waals surface area contributed by atoms with Crippen LogP contribution in [-0.4, -0.2) is 22.6 Å². The fourth-order valence-electron chi connectivity index (χ4n) is 2.55. The summed E-state index contributed by atoms with van der Waals surface area (Å²) >= 11 is 0. The van der Waals surface area contributed by atoms with Gasteiger partial charge in [0.15, 0.2) is 0 Å². The van der Waals surface area contributed by atoms with Gasteiger partial charge in [0.2, 0.25) is 0 Å². The molecule has 0 radical (unpaired) electrons. The average molecular weight is 280 g/mol. The van der Waals surface area contributed by atoms with Crippen molar-refractivity contribution in [3.05, 3.63) is 54.0 Å². The molecule has 2 aromatic rings. The van der Waals surface area contributed by atoms with Gasteiger partial charge in [0.25, 0.3) is 0 Å². The Hall–Kier alpha value is -2.45. The van der Waals surface area contributed by atoms with Crippen molar-refractivity contribution in [3.8, 4) is 6.07 Å². The molecule has 0 aliphatic carbocycles. The van der Waals surface area contributed by atoms with E-state index >= 15 is 0 Å². The van der Waals surface area contributed by atoms with Crippen molar-refractivity contribution >= 4 is 5.82 Å². The standard InChI is InChI=1S/C16H16N4O/c17-10-12-3-4-15(19-11-12)20-14-2-1-9-21-16(14)13-5-7-18-8-6-13/h3-8,11,14,16H,1-2,9H2,(H,19,20)/t14-,16+/m0/s1. The Morgan fingerprint density at radius 2 is 2.10 bits per heavy atom. The number of aromatic nitrogens is 2. The van der Waals surface area contributed by atoms with Crippen LogP contribution in [-0.2, 0) is 4.74 Å². The topological polar surface area (TPSA) is 70.8 Å². The number of anilines is 1. The van der Waals surface area contributed by atoms with Crippen molar-refractivity contribution in [1.29, 1.82) is 5.26 Å². The number of pyridine rings is 2. The van der Waals surface area contributed by atoms with Crippen LogP contribution in [0.3, 0.4) is 0 Å². The van der Waals surface area contributed by atoms with Crippen molar-refractivity contribution in [2.24, 2.45) is 0 Å². The van der Waals surface area contributed by atoms with Gasteiger partial charge in [-0.25, -0.2) is 4.98 Å². The molecule has 0 unspecified atom stereocenters. The van der Waals surface area contributed by atoms with E-state index in [1.54, 1.807) is 24.7 Å². The number of hydrogen-bond donors (Lipinski definition) is 1. The lowest BCUT2D eigenvalue weighted by atomic mass is 9.96. The van der Waals surface area contributed by atoms with Crippen LogP contribution in [0, 0.1) is 11.3 Å². The van der Waals surface area contributed by atoms with E-state index in [2.05, 4.69) is 21.4 Å². The fraction of sp³-hybridized carbons (Fsp3) is 0.312. The Labute approximate surface area is 123 Å². The minimum Gasteiger partial charge on any atom is -0.371 e. The highest BCUT2D eigenvalue weighted by Crippen LogP contribution is 2.30. The maximum absolute atomic E-state index is 8.80. The highest BCUT2D eigenvalue weighted by molar-refractivity contribution is 5.40. The molecule has 0 amide bonds. The van der Waals surface area contributed by atoms with Crippen LogP contribution in [0.15, 0.2) is 42.9 Å². The molecule has 5 heteroatoms. The van der Waals surface area contributed by atoms with Crippen LogP contribution < -0.4 is 5.32 Å². The van der Waals surface area contributed by atoms with E-state index in [-0.39, 0.29) is 12.1 Å². The molecule has 21 heavy (non-hydrogen) atoms. The smallest absolute Gasteiger partial charge is 0.126 e. The van der Waals surface area contributed by atoms with Crippen LogP contribution in [0.25, 0.3) is 0 Å². The number of hydrogen-bond acceptors (Lipinski definition) is 5. The third kappa shape index (κ3) is 3.18. The van der Waals surface area contributed by atoms with Crippen LogP contribution >= 0.6 is 0 Å². The first-order valence-corrected chi connectivity index (χ1v) is 7.01. The SMILES string of the molecule is N#Cc1ccc(N[C@H]2CCCO[C@@H]2c2ccncc2)nc1. The van der Waals surface area contributed by atoms with Gasteiger partial charge in [0.05, 0.1) is 11.6 Å². The lowest BCUT2D eigenvalue weighted by molar-refractivity contribution is 0.00551. The first kappa shape index (κ1) is 13.5. The summed E-state index contributed by atoms with van der Waals surface area (Å²) in [5.74, 6) is 0.767. The molecule has 1 fully saturated rings. The van der Waals surface area contributed by atoms with Gasteiger partial charge < -0.3 is 10.1 Å². The first-order valence-electron chi connectivity index (χ1n) is 7.01. The molecule has 1 aliphatic heterocycles. The molecule has 3 rings (SSSR count). The number of nitriles is 1. The Kier molecular flexibility index (Phi) is 4.08. The van der Waals surface area contributed by atoms with Gasteiger partial charge in [0.1, 0.15) is 18.0 Å². The van der Waals surface area contributed by atoms with Crippen molar-refractivity contribution in [3.63, 3.8) is 0 Å². The number of rotatable bonds is 3. The molecule has 2 aromatic heterocycles. The quantitative estimate of drug-likeness (QED) is 0.936. The minimum absolute atomic E-state index is 0.000747. The summed E-state index contributed by atoms with van der Waals surface area (Å²) < 4.78 is 5.92. The lowest BCUT2D eigenvalue weighted by Crippen LogP contribution is -2.34. The number of ether oxygens (including phenoxy) is 1. The van der Waals surface area contributed by atoms with Crippen LogP contribution in [0.4, 0.5) is 5.82 Å². The molecule has 1 saturated heterocycles. The zero-order valence-corrected chi connectivity index (χ0v) is 11.6. The van der Waals surface area contributed by atoms with E-state index in [0.717, 1.165) is 30.8 Å². The molecule has 0 aromatic carbocycles. The second-order valence-electron chi connectivity index (χ2n) is 5.01. The Morgan fingerprint density at radius 3 is 2.81 bits per heavy atom. The molecule has 0 spiro atoms. The highest BCUT2D eigenvalue weighted by atomic mass is 16.5. The fourth-order valence-corrected chi connectivity index (χ4v) is 2.55. The summed E-state index contributed by atoms with van der Waals surface area (Å²) in [5, 5.41) is 12.2. The zero-order chi connectivity index (χ0) is 14.5. The Bertz CT molecular complexity index is 621. The zero-order valence-electron chi connectivity index (χ0n) is 11.6. The molecule has 0 bridgehead atoms. The Balaban J connectivity index is 1.76. The summed E-state index contributed by atoms with van der Waals surface area (Å²) in [6.07, 6.45) is 7.19. The van der Waals surface area contributed by atoms with Gasteiger partial charge in [-0.1, -0.05) is 0 Å². The second kappa shape index (κ2) is 6.33. The monoisotopic (exact) mass is 280 g/mol. The molecule has 2 atom stereocenters. The third-order valence-electron chi connectivity index (χ3n) is 3.58. The molecule has 3 heterocycles. The maximum atomic E-state index is 8.80. The molecular weight excluding hydrogens is 264 g/mol. The van der Waals surface area contributed by atoms with E-state index in [0.29, 0.717) is 5.56 Å². The lowest BCUT2D eigenvalue weighted by Gasteiger charge is -2.33. The van der Waals surface area contributed by atoms with Gasteiger partial charge >= 0.3 is 0 Å². The summed E-state index contributed by atoms with van der Waals surface area (Å²) in [6.45, 7) is 0.770. The minimum atomic E-state index is -0.000747. The molecule has 5 nitrogen and oxygen atoms in total. The van der Waals surface area contributed by atoms with E-state index in [1.807, 2.05) is 18.2 Å². The van der Waals surface area contributed by atoms with E-state index < -0.39 is 0 Å². The summed E-state index contributed by atoms with van der Waals surface area (Å²) in [5.41, 5.74) is 1.68. The second-order valence-corrected chi connectivity index (χ2v) is 5.01. The maximum Gasteiger partial charge on any atom is 0.126 e. The number of nitrogens with zero attached hydrogens (tertiary/aromatic N) is 3. The summed E-state index contributed by atoms with van der Waals surface area (Å²) in [4.78, 5) is 8.32. The van der Waals surface area contributed by atoms with E-state index in [1.165, 1.54) is 0 Å². The van der Waals surface area contributed by atoms with Crippen LogP contribution in [0.1, 0.15) is 30.1 Å². The highest BCUT2D eigenvalue weighted by Gasteiger charge is 2.27. The summed E-state index contributed by atoms with van der Waals surface area (Å²) in [7, 11) is 0. The average Bonchev–Trinajstić information content (AvgIpc) is 2.57. The van der Waals surface area contributed by atoms with Crippen molar-refractivity contribution in [2.45, 2.75) is 25.0 Å². The molecule has 0 saturated carbocycles. The van der Waals surface area contributed by atoms with Crippen LogP contribution in [0.5, 0.6) is 0 Å². The van der Waals surface area contributed by atoms with Gasteiger partial charge in [0, 0.05) is 25.2 Å². The first-order chi connectivity index (χ1) is 10.4. The molecule has 1 aliphatic rings. The van der Waals surface area contributed by atoms with Gasteiger partial charge in [-0.15, -0.1) is 0 Å². The molecule has 106 valence electrons. The van der Waals surface area contributed by atoms with Crippen molar-refractivity contribution in [1.82, 2.24) is 9.97 Å². The normalized spacial score (nSPS) is 21.5. The van der Waals surface area contributed by atoms with Crippen LogP contribution in [0.2, 0.25) is 0 Å². The Morgan fingerprint density at radius 1 is 1.24 bits per heavy atom. The predicted molar refractivity (Wildman–Crippen MR) is 78.5 cm³/mol. The summed E-state index contributed by atoms with van der Waals surface area (Å²) in [6, 6.07) is 9.80. The van der Waals surface area contributed by atoms with E-state index in [4.69, 9.17) is 10.00 Å². The van der Waals surface area contributed by atoms with Gasteiger partial charge in [-0.2, -0.15) is 5.26 Å². The van der Waals surface area contributed by atoms with Crippen molar-refractivity contribution < 1.29 is 4.74 Å². The van der Waals surface area contributed by atoms with Crippen molar-refractivity contribution in [2.75, 3.05) is 11.9 Å². The molecular formula is C16H16N4O.